The number of hydrogen-bond acceptors (Lipinski definition) is 5. The first-order valence-corrected chi connectivity index (χ1v) is 8.41. The molecule has 11 heteroatoms. The highest BCUT2D eigenvalue weighted by Crippen LogP contribution is 2.47. The van der Waals surface area contributed by atoms with E-state index >= 15 is 0 Å². The number of hydrogen-bond donors (Lipinski definition) is 3. The van der Waals surface area contributed by atoms with Crippen LogP contribution in [0.2, 0.25) is 0 Å². The van der Waals surface area contributed by atoms with Crippen molar-refractivity contribution < 1.29 is 46.0 Å². The summed E-state index contributed by atoms with van der Waals surface area (Å²) in [6.45, 7) is 1.51. The van der Waals surface area contributed by atoms with Gasteiger partial charge in [-0.2, -0.15) is 22.0 Å². The molecule has 5 nitrogen and oxygen atoms in total. The summed E-state index contributed by atoms with van der Waals surface area (Å²) in [5.41, 5.74) is 3.25. The zero-order valence-electron chi connectivity index (χ0n) is 15.5. The van der Waals surface area contributed by atoms with Gasteiger partial charge in [-0.1, -0.05) is 6.07 Å². The summed E-state index contributed by atoms with van der Waals surface area (Å²) >= 11 is 0. The molecule has 0 aliphatic heterocycles. The van der Waals surface area contributed by atoms with E-state index in [9.17, 15) is 36.6 Å². The van der Waals surface area contributed by atoms with Crippen molar-refractivity contribution >= 4 is 5.69 Å². The second-order valence-electron chi connectivity index (χ2n) is 6.35. The molecule has 0 aliphatic carbocycles. The number of phenolic OH excluding ortho intramolecular Hbond substituents is 2. The third kappa shape index (κ3) is 4.25. The second-order valence-corrected chi connectivity index (χ2v) is 6.35. The standard InChI is InChI=1S/C20H13F6NO4/c1-8-2-3-9(6-12(8)28)31-19-16(22)15(21)14(20(24,25)26)18(17(19)23)30-10-4-5-11(27)13(29)7-10/h2-7,28-29H,27H2,1H3. The summed E-state index contributed by atoms with van der Waals surface area (Å²) in [5, 5.41) is 19.2. The topological polar surface area (TPSA) is 84.9 Å². The van der Waals surface area contributed by atoms with Gasteiger partial charge in [-0.15, -0.1) is 0 Å². The maximum atomic E-state index is 14.9. The van der Waals surface area contributed by atoms with E-state index in [0.717, 1.165) is 30.3 Å². The van der Waals surface area contributed by atoms with Crippen LogP contribution in [0, 0.1) is 24.4 Å². The van der Waals surface area contributed by atoms with E-state index < -0.39 is 52.2 Å². The fourth-order valence-electron chi connectivity index (χ4n) is 2.53. The summed E-state index contributed by atoms with van der Waals surface area (Å²) in [6, 6.07) is 6.17. The SMILES string of the molecule is Cc1ccc(Oc2c(F)c(F)c(C(F)(F)F)c(Oc3ccc(N)c(O)c3)c2F)cc1O. The number of benzene rings is 3. The van der Waals surface area contributed by atoms with Gasteiger partial charge in [0.2, 0.25) is 17.4 Å². The monoisotopic (exact) mass is 445 g/mol. The Morgan fingerprint density at radius 1 is 0.774 bits per heavy atom. The Morgan fingerprint density at radius 2 is 1.32 bits per heavy atom. The summed E-state index contributed by atoms with van der Waals surface area (Å²) in [6.07, 6.45) is -5.54. The Labute approximate surface area is 170 Å². The van der Waals surface area contributed by atoms with Gasteiger partial charge in [-0.25, -0.2) is 4.39 Å². The predicted octanol–water partition coefficient (Wildman–Crippen LogP) is 6.01. The molecule has 0 amide bonds. The molecule has 3 rings (SSSR count). The Hall–Kier alpha value is -3.76. The third-order valence-corrected chi connectivity index (χ3v) is 4.14. The maximum absolute atomic E-state index is 14.9. The summed E-state index contributed by atoms with van der Waals surface area (Å²) in [4.78, 5) is 0. The van der Waals surface area contributed by atoms with Gasteiger partial charge in [-0.05, 0) is 30.7 Å². The molecule has 4 N–H and O–H groups in total. The molecule has 0 saturated carbocycles. The number of rotatable bonds is 4. The van der Waals surface area contributed by atoms with Gasteiger partial charge in [0.05, 0.1) is 5.69 Å². The maximum Gasteiger partial charge on any atom is 0.423 e. The molecule has 0 fully saturated rings. The van der Waals surface area contributed by atoms with Crippen LogP contribution in [-0.2, 0) is 6.18 Å². The molecule has 0 aromatic heterocycles. The lowest BCUT2D eigenvalue weighted by Gasteiger charge is -2.19. The molecule has 0 saturated heterocycles. The van der Waals surface area contributed by atoms with Gasteiger partial charge in [0.15, 0.2) is 11.6 Å². The van der Waals surface area contributed by atoms with Crippen molar-refractivity contribution in [3.63, 3.8) is 0 Å². The van der Waals surface area contributed by atoms with Crippen LogP contribution in [0.1, 0.15) is 11.1 Å². The first-order valence-electron chi connectivity index (χ1n) is 8.41. The Morgan fingerprint density at radius 3 is 1.87 bits per heavy atom. The summed E-state index contributed by atoms with van der Waals surface area (Å²) in [5.74, 6) is -11.8. The van der Waals surface area contributed by atoms with Crippen LogP contribution in [0.25, 0.3) is 0 Å². The third-order valence-electron chi connectivity index (χ3n) is 4.14. The molecule has 3 aromatic rings. The molecule has 31 heavy (non-hydrogen) atoms. The number of alkyl halides is 3. The van der Waals surface area contributed by atoms with Crippen LogP contribution in [0.15, 0.2) is 36.4 Å². The van der Waals surface area contributed by atoms with Crippen molar-refractivity contribution in [3.05, 3.63) is 65.0 Å². The number of phenols is 2. The predicted molar refractivity (Wildman–Crippen MR) is 96.8 cm³/mol. The molecule has 164 valence electrons. The van der Waals surface area contributed by atoms with Crippen LogP contribution in [-0.4, -0.2) is 10.2 Å². The number of aromatic hydroxyl groups is 2. The minimum absolute atomic E-state index is 0.155. The molecule has 0 spiro atoms. The smallest absolute Gasteiger partial charge is 0.423 e. The number of nitrogens with two attached hydrogens (primary N) is 1. The van der Waals surface area contributed by atoms with Crippen molar-refractivity contribution in [2.45, 2.75) is 13.1 Å². The van der Waals surface area contributed by atoms with Crippen molar-refractivity contribution in [3.8, 4) is 34.5 Å². The van der Waals surface area contributed by atoms with E-state index in [1.54, 1.807) is 0 Å². The fourth-order valence-corrected chi connectivity index (χ4v) is 2.53. The first kappa shape index (κ1) is 21.9. The van der Waals surface area contributed by atoms with E-state index in [4.69, 9.17) is 15.2 Å². The molecular formula is C20H13F6NO4. The lowest BCUT2D eigenvalue weighted by Crippen LogP contribution is -2.14. The van der Waals surface area contributed by atoms with Gasteiger partial charge in [0.1, 0.15) is 28.6 Å². The first-order chi connectivity index (χ1) is 14.4. The molecule has 0 heterocycles. The zero-order chi connectivity index (χ0) is 23.1. The van der Waals surface area contributed by atoms with Crippen molar-refractivity contribution in [2.24, 2.45) is 0 Å². The number of anilines is 1. The molecule has 0 radical (unpaired) electrons. The summed E-state index contributed by atoms with van der Waals surface area (Å²) in [7, 11) is 0. The minimum Gasteiger partial charge on any atom is -0.508 e. The van der Waals surface area contributed by atoms with Crippen LogP contribution in [0.3, 0.4) is 0 Å². The zero-order valence-corrected chi connectivity index (χ0v) is 15.5. The van der Waals surface area contributed by atoms with E-state index in [-0.39, 0.29) is 17.2 Å². The Bertz CT molecular complexity index is 1160. The molecule has 0 unspecified atom stereocenters. The second kappa shape index (κ2) is 7.82. The van der Waals surface area contributed by atoms with Gasteiger partial charge in [0, 0.05) is 12.1 Å². The highest BCUT2D eigenvalue weighted by molar-refractivity contribution is 5.56. The number of ether oxygens (including phenoxy) is 2. The van der Waals surface area contributed by atoms with Crippen LogP contribution in [0.5, 0.6) is 34.5 Å². The highest BCUT2D eigenvalue weighted by Gasteiger charge is 2.43. The normalized spacial score (nSPS) is 11.5. The van der Waals surface area contributed by atoms with Crippen molar-refractivity contribution in [2.75, 3.05) is 5.73 Å². The number of halogens is 6. The van der Waals surface area contributed by atoms with Gasteiger partial charge in [-0.3, -0.25) is 0 Å². The van der Waals surface area contributed by atoms with E-state index in [1.165, 1.54) is 13.0 Å². The molecule has 0 aliphatic rings. The highest BCUT2D eigenvalue weighted by atomic mass is 19.4. The molecule has 0 atom stereocenters. The average Bonchev–Trinajstić information content (AvgIpc) is 2.68. The van der Waals surface area contributed by atoms with Crippen LogP contribution in [0.4, 0.5) is 32.0 Å². The van der Waals surface area contributed by atoms with Crippen molar-refractivity contribution in [1.82, 2.24) is 0 Å². The number of nitrogen functional groups attached to an aromatic ring is 1. The van der Waals surface area contributed by atoms with Gasteiger partial charge >= 0.3 is 6.18 Å². The van der Waals surface area contributed by atoms with Gasteiger partial charge < -0.3 is 25.4 Å². The lowest BCUT2D eigenvalue weighted by molar-refractivity contribution is -0.141. The summed E-state index contributed by atoms with van der Waals surface area (Å²) < 4.78 is 93.4. The molecule has 0 bridgehead atoms. The molecular weight excluding hydrogens is 432 g/mol. The molecule has 3 aromatic carbocycles. The van der Waals surface area contributed by atoms with E-state index in [0.29, 0.717) is 5.56 Å². The van der Waals surface area contributed by atoms with E-state index in [1.807, 2.05) is 0 Å². The quantitative estimate of drug-likeness (QED) is 0.198. The Kier molecular flexibility index (Phi) is 5.53. The average molecular weight is 445 g/mol. The fraction of sp³-hybridized carbons (Fsp3) is 0.100. The van der Waals surface area contributed by atoms with Crippen molar-refractivity contribution in [1.29, 1.82) is 0 Å². The minimum atomic E-state index is -5.54. The number of aryl methyl sites for hydroxylation is 1. The van der Waals surface area contributed by atoms with Crippen LogP contribution >= 0.6 is 0 Å². The Balaban J connectivity index is 2.18. The van der Waals surface area contributed by atoms with Gasteiger partial charge in [0.25, 0.3) is 0 Å². The lowest BCUT2D eigenvalue weighted by atomic mass is 10.1. The van der Waals surface area contributed by atoms with E-state index in [2.05, 4.69) is 0 Å². The largest absolute Gasteiger partial charge is 0.508 e. The van der Waals surface area contributed by atoms with Crippen LogP contribution < -0.4 is 15.2 Å².